The topological polar surface area (TPSA) is 396 Å². The second-order valence-electron chi connectivity index (χ2n) is 18.1. The van der Waals surface area contributed by atoms with Crippen LogP contribution in [0.4, 0.5) is 11.4 Å². The molecule has 2 aliphatic heterocycles. The first-order chi connectivity index (χ1) is 35.3. The van der Waals surface area contributed by atoms with Crippen LogP contribution < -0.4 is 9.44 Å². The van der Waals surface area contributed by atoms with Crippen molar-refractivity contribution in [1.82, 2.24) is 9.44 Å². The van der Waals surface area contributed by atoms with Gasteiger partial charge in [0.25, 0.3) is 10.1 Å². The van der Waals surface area contributed by atoms with Gasteiger partial charge < -0.3 is 14.8 Å². The van der Waals surface area contributed by atoms with Crippen molar-refractivity contribution in [3.63, 3.8) is 0 Å². The summed E-state index contributed by atoms with van der Waals surface area (Å²) in [5, 5.41) is 19.6. The molecule has 24 nitrogen and oxygen atoms in total. The molecule has 6 rings (SSSR count). The maximum atomic E-state index is 12.9. The number of carbonyl (C=O) groups is 2. The van der Waals surface area contributed by atoms with Crippen LogP contribution >= 0.6 is 15.9 Å². The van der Waals surface area contributed by atoms with E-state index in [0.717, 1.165) is 77.8 Å². The summed E-state index contributed by atoms with van der Waals surface area (Å²) in [6, 6.07) is 11.3. The predicted octanol–water partition coefficient (Wildman–Crippen LogP) is 5.87. The highest BCUT2D eigenvalue weighted by Crippen LogP contribution is 2.47. The monoisotopic (exact) mass is 1260 g/mol. The van der Waals surface area contributed by atoms with E-state index in [-0.39, 0.29) is 29.3 Å². The standard InChI is InChI=1S/C23H30N2O7S2.C17H20N2O5S2.C6H11BrO2.2O3S/c1-5-24-33(28,29)20-14-16(34(30,31)32)13-18-17(20)10-11-19-22(18)23(3,4)15(2)25(19)12-8-6-7-9-21(26)27;1-5-18-25(20,21)15-9-11(26(22,23)24)8-13-12(15)6-7-14-16(13)17(3,4)10(2)19-14;7-5-3-1-2-4-6(8)9;2*1-4(2)3/h10-11,13-14,24H,5-9,12H2,1-4H3,(H-,26,27,30,31,32);6-9,18H,5H2,1-4H3,(H,22,23,24);1-5H2,(H,8,9);;. The summed E-state index contributed by atoms with van der Waals surface area (Å²) in [6.45, 7) is 15.8. The lowest BCUT2D eigenvalue weighted by molar-refractivity contribution is -0.439. The highest BCUT2D eigenvalue weighted by molar-refractivity contribution is 9.09. The van der Waals surface area contributed by atoms with Gasteiger partial charge in [0.15, 0.2) is 5.71 Å². The largest absolute Gasteiger partial charge is 0.744 e. The van der Waals surface area contributed by atoms with E-state index in [0.29, 0.717) is 46.6 Å². The molecule has 0 aromatic heterocycles. The number of carboxylic acid groups (broad SMARTS) is 2. The Kier molecular flexibility index (Phi) is 25.0. The number of nitrogens with one attached hydrogen (secondary N) is 2. The molecule has 5 N–H and O–H groups in total. The van der Waals surface area contributed by atoms with Gasteiger partial charge in [0.05, 0.1) is 30.7 Å². The first kappa shape index (κ1) is 68.1. The van der Waals surface area contributed by atoms with E-state index in [9.17, 15) is 52.4 Å². The van der Waals surface area contributed by atoms with E-state index in [4.69, 9.17) is 35.5 Å². The van der Waals surface area contributed by atoms with Gasteiger partial charge in [-0.1, -0.05) is 56.1 Å². The van der Waals surface area contributed by atoms with Gasteiger partial charge in [-0.25, -0.2) is 34.7 Å². The summed E-state index contributed by atoms with van der Waals surface area (Å²) in [5.41, 5.74) is 3.78. The Morgan fingerprint density at radius 2 is 1.06 bits per heavy atom. The van der Waals surface area contributed by atoms with E-state index in [1.165, 1.54) is 12.1 Å². The molecule has 77 heavy (non-hydrogen) atoms. The van der Waals surface area contributed by atoms with Crippen LogP contribution in [0.5, 0.6) is 0 Å². The van der Waals surface area contributed by atoms with E-state index >= 15 is 0 Å². The van der Waals surface area contributed by atoms with Crippen molar-refractivity contribution in [3.8, 4) is 0 Å². The summed E-state index contributed by atoms with van der Waals surface area (Å²) < 4.78 is 177. The summed E-state index contributed by atoms with van der Waals surface area (Å²) in [5.74, 6) is -1.51. The molecule has 2 aliphatic rings. The number of hydrogen-bond acceptors (Lipinski definition) is 18. The van der Waals surface area contributed by atoms with Crippen LogP contribution in [0.1, 0.15) is 118 Å². The van der Waals surface area contributed by atoms with E-state index in [1.807, 2.05) is 47.6 Å². The minimum Gasteiger partial charge on any atom is -0.744 e. The minimum atomic E-state index is -4.91. The first-order valence-corrected chi connectivity index (χ1v) is 32.1. The van der Waals surface area contributed by atoms with Crippen LogP contribution in [0.3, 0.4) is 0 Å². The zero-order valence-electron chi connectivity index (χ0n) is 43.1. The van der Waals surface area contributed by atoms with Crippen molar-refractivity contribution in [2.24, 2.45) is 4.99 Å². The highest BCUT2D eigenvalue weighted by atomic mass is 79.9. The fourth-order valence-corrected chi connectivity index (χ4v) is 12.6. The van der Waals surface area contributed by atoms with Crippen LogP contribution in [0, 0.1) is 0 Å². The van der Waals surface area contributed by atoms with Crippen LogP contribution in [0.2, 0.25) is 0 Å². The van der Waals surface area contributed by atoms with Gasteiger partial charge in [-0.3, -0.25) is 19.1 Å². The Hall–Kier alpha value is -4.96. The number of hydrogen-bond donors (Lipinski definition) is 5. The number of sulfonamides is 2. The van der Waals surface area contributed by atoms with Crippen LogP contribution in [-0.4, -0.2) is 131 Å². The molecule has 0 saturated carbocycles. The maximum Gasteiger partial charge on any atom is 0.425 e. The molecule has 428 valence electrons. The third-order valence-corrected chi connectivity index (χ3v) is 17.6. The molecule has 0 fully saturated rings. The number of benzene rings is 4. The summed E-state index contributed by atoms with van der Waals surface area (Å²) in [4.78, 5) is 23.7. The van der Waals surface area contributed by atoms with Crippen molar-refractivity contribution in [3.05, 3.63) is 59.7 Å². The van der Waals surface area contributed by atoms with Gasteiger partial charge in [0.2, 0.25) is 25.7 Å². The van der Waals surface area contributed by atoms with Crippen LogP contribution in [0.25, 0.3) is 21.5 Å². The summed E-state index contributed by atoms with van der Waals surface area (Å²) in [6.07, 6.45) is 5.40. The Bertz CT molecular complexity index is 3620. The molecule has 0 aliphatic carbocycles. The predicted molar refractivity (Wildman–Crippen MR) is 287 cm³/mol. The van der Waals surface area contributed by atoms with Gasteiger partial charge in [0, 0.05) is 78.1 Å². The fourth-order valence-electron chi connectivity index (χ4n) is 8.39. The third kappa shape index (κ3) is 18.6. The van der Waals surface area contributed by atoms with Crippen LogP contribution in [0.15, 0.2) is 73.1 Å². The third-order valence-electron chi connectivity index (χ3n) is 12.3. The van der Waals surface area contributed by atoms with Gasteiger partial charge in [-0.05, 0) is 99.2 Å². The first-order valence-electron chi connectivity index (χ1n) is 23.2. The van der Waals surface area contributed by atoms with Gasteiger partial charge in [-0.2, -0.15) is 13.0 Å². The summed E-state index contributed by atoms with van der Waals surface area (Å²) >= 11 is 3.27. The lowest BCUT2D eigenvalue weighted by Crippen LogP contribution is -2.27. The Morgan fingerprint density at radius 3 is 1.49 bits per heavy atom. The molecular formula is C46H61BrN4O20S6. The van der Waals surface area contributed by atoms with Crippen molar-refractivity contribution >= 4 is 134 Å². The average Bonchev–Trinajstić information content (AvgIpc) is 3.65. The highest BCUT2D eigenvalue weighted by Gasteiger charge is 2.45. The number of halogens is 1. The van der Waals surface area contributed by atoms with E-state index in [1.54, 1.807) is 32.0 Å². The number of unbranched alkanes of at least 4 members (excludes halogenated alkanes) is 4. The molecule has 31 heteroatoms. The molecule has 0 bridgehead atoms. The number of aliphatic carboxylic acids is 2. The minimum absolute atomic E-state index is 0.108. The number of aliphatic imine (C=N–C) groups is 1. The lowest BCUT2D eigenvalue weighted by atomic mass is 9.80. The number of rotatable bonds is 19. The maximum absolute atomic E-state index is 12.9. The smallest absolute Gasteiger partial charge is 0.425 e. The Labute approximate surface area is 459 Å². The number of nitrogens with zero attached hydrogens (tertiary/aromatic N) is 2. The molecular weight excluding hydrogens is 1200 g/mol. The average molecular weight is 1260 g/mol. The molecule has 0 unspecified atom stereocenters. The number of fused-ring (bicyclic) bond motifs is 6. The van der Waals surface area contributed by atoms with Gasteiger partial charge >= 0.3 is 33.2 Å². The summed E-state index contributed by atoms with van der Waals surface area (Å²) in [7, 11) is -23.7. The molecule has 0 saturated heterocycles. The molecule has 0 atom stereocenters. The number of carboxylic acids is 2. The van der Waals surface area contributed by atoms with Crippen LogP contribution in [-0.2, 0) is 81.9 Å². The second-order valence-corrected chi connectivity index (χ2v) is 26.0. The zero-order chi connectivity index (χ0) is 59.2. The molecule has 2 heterocycles. The SMILES string of the molecule is CCNS(=O)(=O)c1cc(S(=O)(=O)O)cc2c3c(ccc12)N=C(C)C3(C)C.CCNS(=O)(=O)c1cc(S(=O)(=O)[O-])cc2c3c(ccc12)[N+](CCCCCC(=O)O)=C(C)C3(C)C.O=C(O)CCCCCBr.O=S(=O)=O.O=S(=O)=O. The Morgan fingerprint density at radius 1 is 0.636 bits per heavy atom. The number of alkyl halides is 1. The molecule has 0 spiro atoms. The Balaban J connectivity index is 0.000000412. The van der Waals surface area contributed by atoms with E-state index in [2.05, 4.69) is 34.9 Å². The normalized spacial score (nSPS) is 14.2. The zero-order valence-corrected chi connectivity index (χ0v) is 49.6. The molecule has 4 aromatic carbocycles. The van der Waals surface area contributed by atoms with Gasteiger partial charge in [0.1, 0.15) is 16.7 Å². The van der Waals surface area contributed by atoms with E-state index < -0.39 is 94.1 Å². The van der Waals surface area contributed by atoms with Gasteiger partial charge in [-0.15, -0.1) is 25.3 Å². The van der Waals surface area contributed by atoms with Crippen molar-refractivity contribution in [2.45, 2.75) is 137 Å². The molecule has 0 amide bonds. The molecule has 0 radical (unpaired) electrons. The van der Waals surface area contributed by atoms with Crippen molar-refractivity contribution < 1.29 is 92.4 Å². The van der Waals surface area contributed by atoms with Crippen molar-refractivity contribution in [2.75, 3.05) is 25.0 Å². The fraction of sp³-hybridized carbons (Fsp3) is 0.478. The molecule has 4 aromatic rings. The quantitative estimate of drug-likeness (QED) is 0.0317. The van der Waals surface area contributed by atoms with Crippen molar-refractivity contribution in [1.29, 1.82) is 0 Å². The second kappa shape index (κ2) is 28.3. The lowest BCUT2D eigenvalue weighted by Gasteiger charge is -2.23.